The van der Waals surface area contributed by atoms with E-state index in [9.17, 15) is 14.9 Å². The monoisotopic (exact) mass is 277 g/mol. The van der Waals surface area contributed by atoms with Gasteiger partial charge in [-0.3, -0.25) is 10.1 Å². The Morgan fingerprint density at radius 1 is 1.26 bits per heavy atom. The van der Waals surface area contributed by atoms with Crippen LogP contribution in [0, 0.1) is 10.1 Å². The molecule has 0 aliphatic rings. The van der Waals surface area contributed by atoms with Crippen LogP contribution in [0.2, 0.25) is 0 Å². The van der Waals surface area contributed by atoms with Crippen LogP contribution in [0.5, 0.6) is 0 Å². The fourth-order valence-electron chi connectivity index (χ4n) is 1.29. The summed E-state index contributed by atoms with van der Waals surface area (Å²) >= 11 is 1.05. The highest BCUT2D eigenvalue weighted by Crippen LogP contribution is 2.32. The first-order valence-electron chi connectivity index (χ1n) is 5.04. The number of aromatic carboxylic acids is 1. The summed E-state index contributed by atoms with van der Waals surface area (Å²) in [4.78, 5) is 29.0. The molecular formula is C11H7N3O4S. The molecule has 0 saturated carbocycles. The molecule has 1 heterocycles. The van der Waals surface area contributed by atoms with Gasteiger partial charge in [0, 0.05) is 6.07 Å². The Hall–Kier alpha value is -2.48. The van der Waals surface area contributed by atoms with Gasteiger partial charge in [-0.1, -0.05) is 23.9 Å². The molecule has 0 amide bonds. The minimum atomic E-state index is -1.17. The Bertz CT molecular complexity index is 630. The summed E-state index contributed by atoms with van der Waals surface area (Å²) in [6.45, 7) is 0. The molecule has 19 heavy (non-hydrogen) atoms. The summed E-state index contributed by atoms with van der Waals surface area (Å²) in [5.41, 5.74) is -0.205. The van der Waals surface area contributed by atoms with Crippen LogP contribution < -0.4 is 0 Å². The molecule has 1 aromatic heterocycles. The molecule has 2 rings (SSSR count). The van der Waals surface area contributed by atoms with Crippen molar-refractivity contribution in [3.63, 3.8) is 0 Å². The number of nitro benzene ring substituents is 1. The van der Waals surface area contributed by atoms with Crippen LogP contribution in [-0.2, 0) is 0 Å². The highest BCUT2D eigenvalue weighted by molar-refractivity contribution is 7.99. The smallest absolute Gasteiger partial charge is 0.356 e. The van der Waals surface area contributed by atoms with Gasteiger partial charge in [0.25, 0.3) is 5.69 Å². The average Bonchev–Trinajstić information content (AvgIpc) is 2.39. The maximum absolute atomic E-state index is 10.8. The lowest BCUT2D eigenvalue weighted by Crippen LogP contribution is -2.00. The molecule has 0 aliphatic heterocycles. The lowest BCUT2D eigenvalue weighted by Gasteiger charge is -2.01. The lowest BCUT2D eigenvalue weighted by molar-refractivity contribution is -0.387. The second kappa shape index (κ2) is 5.44. The first-order chi connectivity index (χ1) is 9.08. The van der Waals surface area contributed by atoms with Crippen molar-refractivity contribution in [2.45, 2.75) is 9.92 Å². The van der Waals surface area contributed by atoms with Crippen LogP contribution in [0.15, 0.2) is 46.6 Å². The van der Waals surface area contributed by atoms with Crippen LogP contribution in [-0.4, -0.2) is 26.0 Å². The third-order valence-electron chi connectivity index (χ3n) is 2.12. The van der Waals surface area contributed by atoms with Gasteiger partial charge in [-0.25, -0.2) is 14.8 Å². The van der Waals surface area contributed by atoms with E-state index in [1.54, 1.807) is 18.2 Å². The molecule has 96 valence electrons. The van der Waals surface area contributed by atoms with Crippen LogP contribution in [0.25, 0.3) is 0 Å². The number of rotatable bonds is 4. The molecule has 0 atom stereocenters. The Labute approximate surface area is 111 Å². The number of aromatic nitrogens is 2. The maximum atomic E-state index is 10.8. The highest BCUT2D eigenvalue weighted by atomic mass is 32.2. The van der Waals surface area contributed by atoms with E-state index in [2.05, 4.69) is 9.97 Å². The predicted molar refractivity (Wildman–Crippen MR) is 66.2 cm³/mol. The molecule has 0 spiro atoms. The summed E-state index contributed by atoms with van der Waals surface area (Å²) in [7, 11) is 0. The third kappa shape index (κ3) is 3.05. The molecule has 7 nitrogen and oxygen atoms in total. The summed E-state index contributed by atoms with van der Waals surface area (Å²) in [6, 6.07) is 6.23. The Balaban J connectivity index is 2.26. The van der Waals surface area contributed by atoms with E-state index in [0.29, 0.717) is 9.92 Å². The number of carbonyl (C=O) groups is 1. The van der Waals surface area contributed by atoms with Crippen molar-refractivity contribution in [3.05, 3.63) is 52.5 Å². The third-order valence-corrected chi connectivity index (χ3v) is 3.11. The molecule has 0 radical (unpaired) electrons. The van der Waals surface area contributed by atoms with Crippen LogP contribution >= 0.6 is 11.8 Å². The summed E-state index contributed by atoms with van der Waals surface area (Å²) in [6.07, 6.45) is 2.38. The van der Waals surface area contributed by atoms with Gasteiger partial charge < -0.3 is 5.11 Å². The molecule has 0 unspecified atom stereocenters. The SMILES string of the molecule is O=C(O)c1cnc(Sc2ccccc2[N+](=O)[O-])cn1. The van der Waals surface area contributed by atoms with Gasteiger partial charge >= 0.3 is 5.97 Å². The minimum absolute atomic E-state index is 0.0309. The average molecular weight is 277 g/mol. The van der Waals surface area contributed by atoms with Gasteiger partial charge in [0.1, 0.15) is 5.03 Å². The van der Waals surface area contributed by atoms with Gasteiger partial charge in [0.2, 0.25) is 0 Å². The van der Waals surface area contributed by atoms with Gasteiger partial charge in [-0.2, -0.15) is 0 Å². The first-order valence-corrected chi connectivity index (χ1v) is 5.86. The normalized spacial score (nSPS) is 10.1. The zero-order valence-corrected chi connectivity index (χ0v) is 10.2. The molecule has 1 aromatic carbocycles. The highest BCUT2D eigenvalue weighted by Gasteiger charge is 2.14. The zero-order chi connectivity index (χ0) is 13.8. The first kappa shape index (κ1) is 13.0. The molecule has 0 aliphatic carbocycles. The Morgan fingerprint density at radius 3 is 2.58 bits per heavy atom. The van der Waals surface area contributed by atoms with Gasteiger partial charge in [0.15, 0.2) is 5.69 Å². The number of nitro groups is 1. The summed E-state index contributed by atoms with van der Waals surface area (Å²) in [5, 5.41) is 19.9. The van der Waals surface area contributed by atoms with E-state index in [0.717, 1.165) is 18.0 Å². The van der Waals surface area contributed by atoms with Gasteiger partial charge in [0.05, 0.1) is 22.2 Å². The quantitative estimate of drug-likeness (QED) is 0.674. The van der Waals surface area contributed by atoms with E-state index < -0.39 is 10.9 Å². The Kier molecular flexibility index (Phi) is 3.71. The van der Waals surface area contributed by atoms with Crippen LogP contribution in [0.1, 0.15) is 10.5 Å². The largest absolute Gasteiger partial charge is 0.476 e. The topological polar surface area (TPSA) is 106 Å². The summed E-state index contributed by atoms with van der Waals surface area (Å²) in [5.74, 6) is -1.17. The van der Waals surface area contributed by atoms with Crippen LogP contribution in [0.4, 0.5) is 5.69 Å². The maximum Gasteiger partial charge on any atom is 0.356 e. The fraction of sp³-hybridized carbons (Fsp3) is 0. The van der Waals surface area contributed by atoms with Crippen molar-refractivity contribution in [3.8, 4) is 0 Å². The minimum Gasteiger partial charge on any atom is -0.476 e. The van der Waals surface area contributed by atoms with E-state index in [-0.39, 0.29) is 11.4 Å². The van der Waals surface area contributed by atoms with Gasteiger partial charge in [-0.05, 0) is 6.07 Å². The molecule has 1 N–H and O–H groups in total. The molecule has 2 aromatic rings. The molecular weight excluding hydrogens is 270 g/mol. The van der Waals surface area contributed by atoms with Crippen molar-refractivity contribution < 1.29 is 14.8 Å². The van der Waals surface area contributed by atoms with E-state index in [4.69, 9.17) is 5.11 Å². The van der Waals surface area contributed by atoms with Crippen molar-refractivity contribution >= 4 is 23.4 Å². The molecule has 0 saturated heterocycles. The van der Waals surface area contributed by atoms with E-state index in [1.165, 1.54) is 12.3 Å². The van der Waals surface area contributed by atoms with Crippen molar-refractivity contribution in [1.82, 2.24) is 9.97 Å². The van der Waals surface area contributed by atoms with E-state index >= 15 is 0 Å². The number of benzene rings is 1. The fourth-order valence-corrected chi connectivity index (χ4v) is 2.12. The second-order valence-corrected chi connectivity index (χ2v) is 4.43. The number of hydrogen-bond donors (Lipinski definition) is 1. The number of nitrogens with zero attached hydrogens (tertiary/aromatic N) is 3. The zero-order valence-electron chi connectivity index (χ0n) is 9.39. The second-order valence-electron chi connectivity index (χ2n) is 3.37. The van der Waals surface area contributed by atoms with E-state index in [1.807, 2.05) is 0 Å². The van der Waals surface area contributed by atoms with Crippen molar-refractivity contribution in [2.75, 3.05) is 0 Å². The standard InChI is InChI=1S/C11H7N3O4S/c15-11(16)7-5-13-10(6-12-7)19-9-4-2-1-3-8(9)14(17)18/h1-6H,(H,15,16). The number of carboxylic acid groups (broad SMARTS) is 1. The Morgan fingerprint density at radius 2 is 2.00 bits per heavy atom. The lowest BCUT2D eigenvalue weighted by atomic mass is 10.3. The van der Waals surface area contributed by atoms with Crippen molar-refractivity contribution in [1.29, 1.82) is 0 Å². The molecule has 8 heteroatoms. The summed E-state index contributed by atoms with van der Waals surface area (Å²) < 4.78 is 0. The molecule has 0 fully saturated rings. The van der Waals surface area contributed by atoms with Crippen LogP contribution in [0.3, 0.4) is 0 Å². The molecule has 0 bridgehead atoms. The van der Waals surface area contributed by atoms with Gasteiger partial charge in [-0.15, -0.1) is 0 Å². The number of para-hydroxylation sites is 1. The van der Waals surface area contributed by atoms with Crippen molar-refractivity contribution in [2.24, 2.45) is 0 Å². The predicted octanol–water partition coefficient (Wildman–Crippen LogP) is 2.23. The number of carboxylic acids is 1. The number of hydrogen-bond acceptors (Lipinski definition) is 6.